The van der Waals surface area contributed by atoms with Crippen molar-refractivity contribution in [2.45, 2.75) is 39.7 Å². The fraction of sp³-hybridized carbons (Fsp3) is 0.323. The highest BCUT2D eigenvalue weighted by atomic mass is 32.1. The third-order valence-electron chi connectivity index (χ3n) is 6.89. The van der Waals surface area contributed by atoms with Crippen molar-refractivity contribution in [2.75, 3.05) is 27.4 Å². The first-order valence-electron chi connectivity index (χ1n) is 13.5. The zero-order chi connectivity index (χ0) is 28.1. The molecule has 208 valence electrons. The fourth-order valence-corrected chi connectivity index (χ4v) is 5.49. The van der Waals surface area contributed by atoms with E-state index in [0.717, 1.165) is 75.4 Å². The molecule has 0 bridgehead atoms. The van der Waals surface area contributed by atoms with Crippen LogP contribution in [0.1, 0.15) is 49.2 Å². The molecule has 5 aromatic rings. The van der Waals surface area contributed by atoms with Gasteiger partial charge in [0.15, 0.2) is 11.5 Å². The van der Waals surface area contributed by atoms with Crippen LogP contribution in [0, 0.1) is 0 Å². The Hall–Kier alpha value is -4.11. The number of esters is 1. The standard InChI is InChI=1S/C31H33N3O5S/c1-5-7-10-15-39-28-18-25-22(17-27(28)37-4)29(20-13-14-23-24(16-20)33-40-32-23)30(31(35)38-6-2)34(25)19-21-11-8-9-12-26(21)36-3/h8-9,11-14,16-18H,5-7,10,15,19H2,1-4H3. The number of benzene rings is 3. The first-order chi connectivity index (χ1) is 19.6. The van der Waals surface area contributed by atoms with Crippen LogP contribution < -0.4 is 14.2 Å². The van der Waals surface area contributed by atoms with Crippen LogP contribution in [0.3, 0.4) is 0 Å². The Balaban J connectivity index is 1.79. The van der Waals surface area contributed by atoms with Crippen molar-refractivity contribution in [1.82, 2.24) is 13.3 Å². The number of aromatic nitrogens is 3. The van der Waals surface area contributed by atoms with Gasteiger partial charge in [0.25, 0.3) is 0 Å². The zero-order valence-electron chi connectivity index (χ0n) is 23.2. The lowest BCUT2D eigenvalue weighted by molar-refractivity contribution is 0.0516. The zero-order valence-corrected chi connectivity index (χ0v) is 24.0. The Morgan fingerprint density at radius 1 is 0.900 bits per heavy atom. The maximum absolute atomic E-state index is 13.7. The number of fused-ring (bicyclic) bond motifs is 2. The molecule has 9 heteroatoms. The molecule has 0 spiro atoms. The summed E-state index contributed by atoms with van der Waals surface area (Å²) in [6, 6.07) is 17.6. The number of para-hydroxylation sites is 1. The minimum absolute atomic E-state index is 0.249. The Bertz CT molecular complexity index is 1640. The lowest BCUT2D eigenvalue weighted by atomic mass is 10.0. The van der Waals surface area contributed by atoms with Crippen molar-refractivity contribution < 1.29 is 23.7 Å². The first kappa shape index (κ1) is 27.5. The summed E-state index contributed by atoms with van der Waals surface area (Å²) in [5.41, 5.74) is 5.36. The summed E-state index contributed by atoms with van der Waals surface area (Å²) in [6.07, 6.45) is 3.13. The maximum Gasteiger partial charge on any atom is 0.355 e. The van der Waals surface area contributed by atoms with Crippen LogP contribution in [0.15, 0.2) is 54.6 Å². The Kier molecular flexibility index (Phi) is 8.50. The molecule has 0 saturated heterocycles. The molecule has 0 unspecified atom stereocenters. The van der Waals surface area contributed by atoms with E-state index < -0.39 is 5.97 Å². The van der Waals surface area contributed by atoms with Crippen molar-refractivity contribution in [3.8, 4) is 28.4 Å². The lowest BCUT2D eigenvalue weighted by Crippen LogP contribution is -2.14. The van der Waals surface area contributed by atoms with E-state index in [4.69, 9.17) is 18.9 Å². The summed E-state index contributed by atoms with van der Waals surface area (Å²) < 4.78 is 34.0. The molecule has 2 aromatic heterocycles. The summed E-state index contributed by atoms with van der Waals surface area (Å²) in [5, 5.41) is 0.846. The molecule has 0 radical (unpaired) electrons. The minimum atomic E-state index is -0.413. The average molecular weight is 560 g/mol. The van der Waals surface area contributed by atoms with Crippen LogP contribution >= 0.6 is 11.7 Å². The highest BCUT2D eigenvalue weighted by Gasteiger charge is 2.28. The quantitative estimate of drug-likeness (QED) is 0.119. The largest absolute Gasteiger partial charge is 0.496 e. The average Bonchev–Trinajstić information content (AvgIpc) is 3.57. The molecule has 0 fully saturated rings. The van der Waals surface area contributed by atoms with Gasteiger partial charge >= 0.3 is 5.97 Å². The minimum Gasteiger partial charge on any atom is -0.496 e. The molecule has 0 aliphatic rings. The molecule has 0 aliphatic carbocycles. The Labute approximate surface area is 237 Å². The highest BCUT2D eigenvalue weighted by Crippen LogP contribution is 2.42. The van der Waals surface area contributed by atoms with E-state index in [1.165, 1.54) is 0 Å². The molecule has 0 atom stereocenters. The van der Waals surface area contributed by atoms with E-state index in [9.17, 15) is 4.79 Å². The van der Waals surface area contributed by atoms with Crippen LogP contribution in [-0.2, 0) is 11.3 Å². The van der Waals surface area contributed by atoms with Crippen molar-refractivity contribution in [3.05, 3.63) is 65.9 Å². The Morgan fingerprint density at radius 2 is 1.70 bits per heavy atom. The lowest BCUT2D eigenvalue weighted by Gasteiger charge is -2.15. The number of carbonyl (C=O) groups excluding carboxylic acids is 1. The molecular formula is C31H33N3O5S. The van der Waals surface area contributed by atoms with Gasteiger partial charge in [0.05, 0.1) is 51.2 Å². The smallest absolute Gasteiger partial charge is 0.355 e. The molecule has 3 aromatic carbocycles. The van der Waals surface area contributed by atoms with E-state index >= 15 is 0 Å². The van der Waals surface area contributed by atoms with Gasteiger partial charge in [0.2, 0.25) is 0 Å². The second-order valence-corrected chi connectivity index (χ2v) is 9.91. The molecule has 0 saturated carbocycles. The van der Waals surface area contributed by atoms with Crippen molar-refractivity contribution in [3.63, 3.8) is 0 Å². The predicted octanol–water partition coefficient (Wildman–Crippen LogP) is 7.12. The normalized spacial score (nSPS) is 11.2. The second kappa shape index (κ2) is 12.4. The van der Waals surface area contributed by atoms with Gasteiger partial charge in [0.1, 0.15) is 22.5 Å². The summed E-state index contributed by atoms with van der Waals surface area (Å²) in [7, 11) is 3.28. The monoisotopic (exact) mass is 559 g/mol. The highest BCUT2D eigenvalue weighted by molar-refractivity contribution is 7.00. The number of methoxy groups -OCH3 is 2. The van der Waals surface area contributed by atoms with Crippen molar-refractivity contribution in [1.29, 1.82) is 0 Å². The number of hydrogen-bond acceptors (Lipinski definition) is 8. The summed E-state index contributed by atoms with van der Waals surface area (Å²) in [6.45, 7) is 5.18. The van der Waals surface area contributed by atoms with E-state index in [2.05, 4.69) is 15.7 Å². The Morgan fingerprint density at radius 3 is 2.48 bits per heavy atom. The summed E-state index contributed by atoms with van der Waals surface area (Å²) in [5.74, 6) is 1.56. The maximum atomic E-state index is 13.7. The van der Waals surface area contributed by atoms with Gasteiger partial charge in [-0.05, 0) is 43.2 Å². The van der Waals surface area contributed by atoms with E-state index in [-0.39, 0.29) is 6.61 Å². The van der Waals surface area contributed by atoms with Gasteiger partial charge < -0.3 is 23.5 Å². The molecule has 8 nitrogen and oxygen atoms in total. The van der Waals surface area contributed by atoms with E-state index in [1.54, 1.807) is 14.2 Å². The van der Waals surface area contributed by atoms with Crippen LogP contribution in [0.25, 0.3) is 33.1 Å². The van der Waals surface area contributed by atoms with Gasteiger partial charge in [-0.25, -0.2) is 4.79 Å². The SMILES string of the molecule is CCCCCOc1cc2c(cc1OC)c(-c1ccc3nsnc3c1)c(C(=O)OCC)n2Cc1ccccc1OC. The molecule has 2 heterocycles. The third kappa shape index (κ3) is 5.34. The van der Waals surface area contributed by atoms with Gasteiger partial charge in [-0.1, -0.05) is 44.0 Å². The van der Waals surface area contributed by atoms with Crippen LogP contribution in [0.5, 0.6) is 17.2 Å². The number of rotatable bonds is 12. The molecule has 0 amide bonds. The number of unbranched alkanes of at least 4 members (excludes halogenated alkanes) is 2. The molecule has 5 rings (SSSR count). The second-order valence-electron chi connectivity index (χ2n) is 9.39. The number of nitrogens with zero attached hydrogens (tertiary/aromatic N) is 3. The number of carbonyl (C=O) groups is 1. The first-order valence-corrected chi connectivity index (χ1v) is 14.2. The fourth-order valence-electron chi connectivity index (χ4n) is 4.97. The number of hydrogen-bond donors (Lipinski definition) is 0. The van der Waals surface area contributed by atoms with E-state index in [0.29, 0.717) is 30.3 Å². The molecule has 0 N–H and O–H groups in total. The van der Waals surface area contributed by atoms with Gasteiger partial charge in [-0.15, -0.1) is 0 Å². The van der Waals surface area contributed by atoms with Crippen molar-refractivity contribution in [2.24, 2.45) is 0 Å². The van der Waals surface area contributed by atoms with Gasteiger partial charge in [0, 0.05) is 22.6 Å². The van der Waals surface area contributed by atoms with Crippen LogP contribution in [-0.4, -0.2) is 46.7 Å². The number of ether oxygens (including phenoxy) is 4. The molecule has 0 aliphatic heterocycles. The van der Waals surface area contributed by atoms with E-state index in [1.807, 2.05) is 66.1 Å². The third-order valence-corrected chi connectivity index (χ3v) is 7.44. The molecule has 40 heavy (non-hydrogen) atoms. The van der Waals surface area contributed by atoms with Crippen LogP contribution in [0.2, 0.25) is 0 Å². The predicted molar refractivity (Wildman–Crippen MR) is 158 cm³/mol. The summed E-state index contributed by atoms with van der Waals surface area (Å²) in [4.78, 5) is 13.7. The topological polar surface area (TPSA) is 84.7 Å². The van der Waals surface area contributed by atoms with Crippen LogP contribution in [0.4, 0.5) is 0 Å². The van der Waals surface area contributed by atoms with Gasteiger partial charge in [-0.2, -0.15) is 8.75 Å². The van der Waals surface area contributed by atoms with Gasteiger partial charge in [-0.3, -0.25) is 0 Å². The summed E-state index contributed by atoms with van der Waals surface area (Å²) >= 11 is 1.16. The van der Waals surface area contributed by atoms with Crippen molar-refractivity contribution >= 4 is 39.6 Å². The molecular weight excluding hydrogens is 526 g/mol.